The third-order valence-electron chi connectivity index (χ3n) is 5.66. The molecule has 0 aliphatic rings. The van der Waals surface area contributed by atoms with Crippen LogP contribution < -0.4 is 10.6 Å². The Kier molecular flexibility index (Phi) is 6.96. The number of nitrogens with one attached hydrogen (secondary N) is 3. The number of fused-ring (bicyclic) bond motifs is 1. The van der Waals surface area contributed by atoms with E-state index in [1.807, 2.05) is 32.0 Å². The maximum Gasteiger partial charge on any atom is 0.416 e. The molecule has 184 valence electrons. The Morgan fingerprint density at radius 2 is 1.53 bits per heavy atom. The van der Waals surface area contributed by atoms with Crippen molar-refractivity contribution < 1.29 is 22.8 Å². The number of amides is 2. The van der Waals surface area contributed by atoms with E-state index in [1.165, 1.54) is 18.2 Å². The monoisotopic (exact) mass is 491 g/mol. The molecule has 0 atom stereocenters. The van der Waals surface area contributed by atoms with E-state index in [-0.39, 0.29) is 11.3 Å². The Morgan fingerprint density at radius 3 is 2.17 bits per heavy atom. The molecule has 2 amide bonds. The molecular formula is C28H24F3N3O2. The quantitative estimate of drug-likeness (QED) is 0.155. The number of aromatic amines is 1. The van der Waals surface area contributed by atoms with Crippen LogP contribution in [0.15, 0.2) is 84.6 Å². The Morgan fingerprint density at radius 1 is 0.861 bits per heavy atom. The molecule has 0 radical (unpaired) electrons. The fourth-order valence-electron chi connectivity index (χ4n) is 3.68. The van der Waals surface area contributed by atoms with Crippen molar-refractivity contribution in [2.45, 2.75) is 25.9 Å². The highest BCUT2D eigenvalue weighted by atomic mass is 19.4. The summed E-state index contributed by atoms with van der Waals surface area (Å²) in [5.74, 6) is -1.22. The number of carbonyl (C=O) groups excluding carboxylic acids is 2. The molecule has 0 fully saturated rings. The number of hydrogen-bond acceptors (Lipinski definition) is 2. The number of aromatic nitrogens is 1. The lowest BCUT2D eigenvalue weighted by atomic mass is 10.0. The van der Waals surface area contributed by atoms with Gasteiger partial charge in [0.25, 0.3) is 11.8 Å². The first-order valence-corrected chi connectivity index (χ1v) is 11.3. The van der Waals surface area contributed by atoms with Gasteiger partial charge in [0.15, 0.2) is 0 Å². The van der Waals surface area contributed by atoms with E-state index in [2.05, 4.69) is 15.6 Å². The second-order valence-corrected chi connectivity index (χ2v) is 8.65. The highest BCUT2D eigenvalue weighted by Crippen LogP contribution is 2.31. The van der Waals surface area contributed by atoms with Gasteiger partial charge in [0.2, 0.25) is 0 Å². The molecule has 0 bridgehead atoms. The van der Waals surface area contributed by atoms with Gasteiger partial charge in [-0.3, -0.25) is 9.59 Å². The molecule has 0 aliphatic carbocycles. The van der Waals surface area contributed by atoms with Crippen LogP contribution in [-0.2, 0) is 15.8 Å². The summed E-state index contributed by atoms with van der Waals surface area (Å²) in [5.41, 5.74) is 1.82. The predicted octanol–water partition coefficient (Wildman–Crippen LogP) is 6.97. The minimum absolute atomic E-state index is 0.0718. The van der Waals surface area contributed by atoms with Crippen LogP contribution in [0.2, 0.25) is 0 Å². The zero-order valence-electron chi connectivity index (χ0n) is 19.6. The molecule has 0 saturated carbocycles. The van der Waals surface area contributed by atoms with Crippen LogP contribution >= 0.6 is 0 Å². The molecule has 3 aromatic carbocycles. The second-order valence-electron chi connectivity index (χ2n) is 8.65. The van der Waals surface area contributed by atoms with Crippen LogP contribution in [0, 0.1) is 0 Å². The molecular weight excluding hydrogens is 467 g/mol. The minimum Gasteiger partial charge on any atom is -0.361 e. The molecule has 0 saturated heterocycles. The topological polar surface area (TPSA) is 74.0 Å². The summed E-state index contributed by atoms with van der Waals surface area (Å²) < 4.78 is 39.3. The van der Waals surface area contributed by atoms with Crippen molar-refractivity contribution in [3.8, 4) is 0 Å². The molecule has 0 spiro atoms. The number of H-pyrrole nitrogens is 1. The van der Waals surface area contributed by atoms with Gasteiger partial charge in [-0.2, -0.15) is 13.2 Å². The van der Waals surface area contributed by atoms with Gasteiger partial charge < -0.3 is 15.6 Å². The van der Waals surface area contributed by atoms with E-state index in [9.17, 15) is 22.8 Å². The summed E-state index contributed by atoms with van der Waals surface area (Å²) in [6.07, 6.45) is -1.38. The SMILES string of the molecule is CC(C)c1ccc(/C=C(/C(=O)Nc2cccc(C(F)(F)F)c2)C(=O)Nc2ccc3[nH]ccc3c2)cc1. The maximum atomic E-state index is 13.2. The Hall–Kier alpha value is -4.33. The summed E-state index contributed by atoms with van der Waals surface area (Å²) in [4.78, 5) is 29.4. The number of benzene rings is 3. The van der Waals surface area contributed by atoms with Crippen molar-refractivity contribution in [3.63, 3.8) is 0 Å². The van der Waals surface area contributed by atoms with Crippen LogP contribution in [-0.4, -0.2) is 16.8 Å². The molecule has 4 rings (SSSR count). The van der Waals surface area contributed by atoms with E-state index < -0.39 is 23.6 Å². The van der Waals surface area contributed by atoms with E-state index >= 15 is 0 Å². The van der Waals surface area contributed by atoms with Crippen molar-refractivity contribution in [2.24, 2.45) is 0 Å². The minimum atomic E-state index is -4.56. The number of anilines is 2. The van der Waals surface area contributed by atoms with E-state index in [0.717, 1.165) is 28.6 Å². The molecule has 8 heteroatoms. The Balaban J connectivity index is 1.64. The third-order valence-corrected chi connectivity index (χ3v) is 5.66. The van der Waals surface area contributed by atoms with Gasteiger partial charge in [-0.15, -0.1) is 0 Å². The zero-order chi connectivity index (χ0) is 25.9. The highest BCUT2D eigenvalue weighted by Gasteiger charge is 2.30. The van der Waals surface area contributed by atoms with Gasteiger partial charge >= 0.3 is 6.18 Å². The molecule has 1 heterocycles. The third kappa shape index (κ3) is 5.83. The fraction of sp³-hybridized carbons (Fsp3) is 0.143. The average Bonchev–Trinajstić information content (AvgIpc) is 3.30. The van der Waals surface area contributed by atoms with Crippen LogP contribution in [0.25, 0.3) is 17.0 Å². The fourth-order valence-corrected chi connectivity index (χ4v) is 3.68. The summed E-state index contributed by atoms with van der Waals surface area (Å²) >= 11 is 0. The van der Waals surface area contributed by atoms with Gasteiger partial charge in [-0.1, -0.05) is 44.2 Å². The number of rotatable bonds is 6. The van der Waals surface area contributed by atoms with Crippen molar-refractivity contribution >= 4 is 40.2 Å². The van der Waals surface area contributed by atoms with Crippen LogP contribution in [0.4, 0.5) is 24.5 Å². The largest absolute Gasteiger partial charge is 0.416 e. The average molecular weight is 492 g/mol. The summed E-state index contributed by atoms with van der Waals surface area (Å²) in [5, 5.41) is 6.01. The first-order chi connectivity index (χ1) is 17.1. The molecule has 36 heavy (non-hydrogen) atoms. The summed E-state index contributed by atoms with van der Waals surface area (Å²) in [6.45, 7) is 4.10. The zero-order valence-corrected chi connectivity index (χ0v) is 19.6. The molecule has 1 aromatic heterocycles. The smallest absolute Gasteiger partial charge is 0.361 e. The highest BCUT2D eigenvalue weighted by molar-refractivity contribution is 6.29. The molecule has 5 nitrogen and oxygen atoms in total. The molecule has 0 aliphatic heterocycles. The van der Waals surface area contributed by atoms with Gasteiger partial charge in [0.1, 0.15) is 5.57 Å². The summed E-state index contributed by atoms with van der Waals surface area (Å²) in [7, 11) is 0. The van der Waals surface area contributed by atoms with Gasteiger partial charge in [0, 0.05) is 28.5 Å². The Labute approximate surface area is 206 Å². The standard InChI is InChI=1S/C28H24F3N3O2/c1-17(2)19-8-6-18(7-9-19)14-24(26(35)33-22-5-3-4-21(16-22)28(29,30)31)27(36)34-23-10-11-25-20(15-23)12-13-32-25/h3-17,32H,1-2H3,(H,33,35)(H,34,36)/b24-14-. The number of alkyl halides is 3. The Bertz CT molecular complexity index is 1430. The van der Waals surface area contributed by atoms with Crippen molar-refractivity contribution in [3.05, 3.63) is 101 Å². The lowest BCUT2D eigenvalue weighted by Crippen LogP contribution is -2.25. The van der Waals surface area contributed by atoms with E-state index in [4.69, 9.17) is 0 Å². The molecule has 3 N–H and O–H groups in total. The number of halogens is 3. The van der Waals surface area contributed by atoms with Crippen LogP contribution in [0.3, 0.4) is 0 Å². The van der Waals surface area contributed by atoms with Crippen LogP contribution in [0.1, 0.15) is 36.5 Å². The van der Waals surface area contributed by atoms with Crippen molar-refractivity contribution in [2.75, 3.05) is 10.6 Å². The second kappa shape index (κ2) is 10.1. The number of carbonyl (C=O) groups is 2. The van der Waals surface area contributed by atoms with Gasteiger partial charge in [0.05, 0.1) is 5.56 Å². The van der Waals surface area contributed by atoms with Crippen LogP contribution in [0.5, 0.6) is 0 Å². The van der Waals surface area contributed by atoms with E-state index in [0.29, 0.717) is 17.2 Å². The van der Waals surface area contributed by atoms with Gasteiger partial charge in [-0.05, 0) is 65.6 Å². The molecule has 4 aromatic rings. The first kappa shape index (κ1) is 24.8. The lowest BCUT2D eigenvalue weighted by Gasteiger charge is -2.13. The first-order valence-electron chi connectivity index (χ1n) is 11.3. The van der Waals surface area contributed by atoms with E-state index in [1.54, 1.807) is 36.5 Å². The van der Waals surface area contributed by atoms with Crippen molar-refractivity contribution in [1.29, 1.82) is 0 Å². The van der Waals surface area contributed by atoms with Crippen molar-refractivity contribution in [1.82, 2.24) is 4.98 Å². The normalized spacial score (nSPS) is 12.1. The lowest BCUT2D eigenvalue weighted by molar-refractivity contribution is -0.137. The van der Waals surface area contributed by atoms with Gasteiger partial charge in [-0.25, -0.2) is 0 Å². The summed E-state index contributed by atoms with van der Waals surface area (Å²) in [6, 6.07) is 18.7. The number of hydrogen-bond donors (Lipinski definition) is 3. The predicted molar refractivity (Wildman–Crippen MR) is 136 cm³/mol. The molecule has 0 unspecified atom stereocenters. The maximum absolute atomic E-state index is 13.2.